The van der Waals surface area contributed by atoms with Gasteiger partial charge in [0.1, 0.15) is 11.5 Å². The van der Waals surface area contributed by atoms with Crippen molar-refractivity contribution in [3.05, 3.63) is 53.9 Å². The van der Waals surface area contributed by atoms with Crippen LogP contribution in [0.25, 0.3) is 0 Å². The Bertz CT molecular complexity index is 581. The second-order valence-electron chi connectivity index (χ2n) is 3.87. The molecule has 0 atom stereocenters. The van der Waals surface area contributed by atoms with E-state index in [4.69, 9.17) is 9.47 Å². The van der Waals surface area contributed by atoms with E-state index in [1.165, 1.54) is 13.3 Å². The van der Waals surface area contributed by atoms with Crippen molar-refractivity contribution in [3.63, 3.8) is 0 Å². The monoisotopic (exact) mass is 257 g/mol. The molecule has 0 spiro atoms. The van der Waals surface area contributed by atoms with E-state index in [9.17, 15) is 4.79 Å². The molecule has 1 aromatic carbocycles. The standard InChI is InChI=1S/C15H15NO3/c1-3-19-12-6-4-5-11(9-12)15(17)13-7-8-16-10-14(13)18-2/h4-10H,3H2,1-2H3. The van der Waals surface area contributed by atoms with Crippen LogP contribution in [-0.4, -0.2) is 24.5 Å². The molecular formula is C15H15NO3. The van der Waals surface area contributed by atoms with Gasteiger partial charge in [-0.1, -0.05) is 12.1 Å². The molecule has 0 aliphatic carbocycles. The summed E-state index contributed by atoms with van der Waals surface area (Å²) >= 11 is 0. The highest BCUT2D eigenvalue weighted by atomic mass is 16.5. The van der Waals surface area contributed by atoms with Crippen LogP contribution in [0, 0.1) is 0 Å². The molecule has 98 valence electrons. The maximum absolute atomic E-state index is 12.4. The summed E-state index contributed by atoms with van der Waals surface area (Å²) in [4.78, 5) is 16.4. The van der Waals surface area contributed by atoms with E-state index in [1.807, 2.05) is 13.0 Å². The first kappa shape index (κ1) is 13.1. The summed E-state index contributed by atoms with van der Waals surface area (Å²) in [5.41, 5.74) is 1.06. The number of nitrogens with zero attached hydrogens (tertiary/aromatic N) is 1. The fraction of sp³-hybridized carbons (Fsp3) is 0.200. The Balaban J connectivity index is 2.35. The Hall–Kier alpha value is -2.36. The average Bonchev–Trinajstić information content (AvgIpc) is 2.47. The largest absolute Gasteiger partial charge is 0.494 e. The summed E-state index contributed by atoms with van der Waals surface area (Å²) in [6, 6.07) is 8.75. The minimum Gasteiger partial charge on any atom is -0.494 e. The molecule has 0 bridgehead atoms. The van der Waals surface area contributed by atoms with E-state index < -0.39 is 0 Å². The van der Waals surface area contributed by atoms with Crippen LogP contribution in [0.5, 0.6) is 11.5 Å². The summed E-state index contributed by atoms with van der Waals surface area (Å²) in [6.45, 7) is 2.47. The van der Waals surface area contributed by atoms with E-state index >= 15 is 0 Å². The third-order valence-electron chi connectivity index (χ3n) is 2.66. The molecule has 0 aliphatic heterocycles. The van der Waals surface area contributed by atoms with Crippen molar-refractivity contribution in [2.24, 2.45) is 0 Å². The van der Waals surface area contributed by atoms with E-state index in [-0.39, 0.29) is 5.78 Å². The molecule has 2 aromatic rings. The van der Waals surface area contributed by atoms with E-state index in [1.54, 1.807) is 30.5 Å². The van der Waals surface area contributed by atoms with Crippen LogP contribution in [0.1, 0.15) is 22.8 Å². The molecule has 19 heavy (non-hydrogen) atoms. The molecule has 4 heteroatoms. The van der Waals surface area contributed by atoms with Gasteiger partial charge in [0.25, 0.3) is 0 Å². The Morgan fingerprint density at radius 2 is 2.16 bits per heavy atom. The van der Waals surface area contributed by atoms with Crippen LogP contribution in [0.4, 0.5) is 0 Å². The Morgan fingerprint density at radius 3 is 2.89 bits per heavy atom. The molecule has 1 aromatic heterocycles. The number of carbonyl (C=O) groups excluding carboxylic acids is 1. The molecule has 0 unspecified atom stereocenters. The summed E-state index contributed by atoms with van der Waals surface area (Å²) in [5, 5.41) is 0. The van der Waals surface area contributed by atoms with Crippen molar-refractivity contribution < 1.29 is 14.3 Å². The van der Waals surface area contributed by atoms with Gasteiger partial charge in [0.15, 0.2) is 5.78 Å². The van der Waals surface area contributed by atoms with Gasteiger partial charge in [-0.15, -0.1) is 0 Å². The smallest absolute Gasteiger partial charge is 0.197 e. The van der Waals surface area contributed by atoms with Crippen LogP contribution in [0.2, 0.25) is 0 Å². The van der Waals surface area contributed by atoms with Gasteiger partial charge in [-0.3, -0.25) is 9.78 Å². The topological polar surface area (TPSA) is 48.4 Å². The van der Waals surface area contributed by atoms with Gasteiger partial charge in [0.05, 0.1) is 25.5 Å². The number of ketones is 1. The van der Waals surface area contributed by atoms with E-state index in [0.717, 1.165) is 0 Å². The number of hydrogen-bond donors (Lipinski definition) is 0. The quantitative estimate of drug-likeness (QED) is 0.773. The number of aromatic nitrogens is 1. The second kappa shape index (κ2) is 6.00. The Morgan fingerprint density at radius 1 is 1.32 bits per heavy atom. The number of carbonyl (C=O) groups is 1. The fourth-order valence-electron chi connectivity index (χ4n) is 1.78. The minimum absolute atomic E-state index is 0.110. The number of rotatable bonds is 5. The molecule has 2 rings (SSSR count). The average molecular weight is 257 g/mol. The summed E-state index contributed by atoms with van der Waals surface area (Å²) in [5.74, 6) is 1.04. The minimum atomic E-state index is -0.110. The first-order valence-electron chi connectivity index (χ1n) is 6.01. The van der Waals surface area contributed by atoms with Crippen LogP contribution in [0.15, 0.2) is 42.7 Å². The van der Waals surface area contributed by atoms with Gasteiger partial charge in [-0.05, 0) is 25.1 Å². The first-order valence-corrected chi connectivity index (χ1v) is 6.01. The SMILES string of the molecule is CCOc1cccc(C(=O)c2ccncc2OC)c1. The molecule has 0 saturated heterocycles. The van der Waals surface area contributed by atoms with Crippen molar-refractivity contribution in [2.75, 3.05) is 13.7 Å². The van der Waals surface area contributed by atoms with Gasteiger partial charge in [-0.25, -0.2) is 0 Å². The predicted octanol–water partition coefficient (Wildman–Crippen LogP) is 2.72. The lowest BCUT2D eigenvalue weighted by molar-refractivity contribution is 0.103. The molecule has 0 saturated carbocycles. The zero-order valence-electron chi connectivity index (χ0n) is 10.9. The molecule has 0 fully saturated rings. The number of ether oxygens (including phenoxy) is 2. The third-order valence-corrected chi connectivity index (χ3v) is 2.66. The van der Waals surface area contributed by atoms with Gasteiger partial charge in [0, 0.05) is 11.8 Å². The van der Waals surface area contributed by atoms with Crippen LogP contribution in [-0.2, 0) is 0 Å². The first-order chi connectivity index (χ1) is 9.26. The predicted molar refractivity (Wildman–Crippen MR) is 71.8 cm³/mol. The van der Waals surface area contributed by atoms with E-state index in [2.05, 4.69) is 4.98 Å². The zero-order valence-corrected chi connectivity index (χ0v) is 10.9. The Labute approximate surface area is 112 Å². The second-order valence-corrected chi connectivity index (χ2v) is 3.87. The van der Waals surface area contributed by atoms with Crippen molar-refractivity contribution in [2.45, 2.75) is 6.92 Å². The van der Waals surface area contributed by atoms with Gasteiger partial charge in [-0.2, -0.15) is 0 Å². The third kappa shape index (κ3) is 2.91. The fourth-order valence-corrected chi connectivity index (χ4v) is 1.78. The summed E-state index contributed by atoms with van der Waals surface area (Å²) < 4.78 is 10.5. The maximum Gasteiger partial charge on any atom is 0.197 e. The van der Waals surface area contributed by atoms with Crippen molar-refractivity contribution in [3.8, 4) is 11.5 Å². The van der Waals surface area contributed by atoms with Crippen LogP contribution >= 0.6 is 0 Å². The van der Waals surface area contributed by atoms with Crippen molar-refractivity contribution in [1.29, 1.82) is 0 Å². The van der Waals surface area contributed by atoms with Crippen LogP contribution < -0.4 is 9.47 Å². The number of methoxy groups -OCH3 is 1. The lowest BCUT2D eigenvalue weighted by atomic mass is 10.0. The normalized spacial score (nSPS) is 10.0. The summed E-state index contributed by atoms with van der Waals surface area (Å²) in [6.07, 6.45) is 3.10. The maximum atomic E-state index is 12.4. The van der Waals surface area contributed by atoms with Crippen molar-refractivity contribution in [1.82, 2.24) is 4.98 Å². The van der Waals surface area contributed by atoms with Crippen LogP contribution in [0.3, 0.4) is 0 Å². The summed E-state index contributed by atoms with van der Waals surface area (Å²) in [7, 11) is 1.52. The highest BCUT2D eigenvalue weighted by Gasteiger charge is 2.14. The molecule has 0 radical (unpaired) electrons. The van der Waals surface area contributed by atoms with Crippen molar-refractivity contribution >= 4 is 5.78 Å². The number of benzene rings is 1. The van der Waals surface area contributed by atoms with E-state index in [0.29, 0.717) is 29.2 Å². The molecule has 0 N–H and O–H groups in total. The molecule has 1 heterocycles. The van der Waals surface area contributed by atoms with Gasteiger partial charge < -0.3 is 9.47 Å². The lowest BCUT2D eigenvalue weighted by Gasteiger charge is -2.08. The molecular weight excluding hydrogens is 242 g/mol. The lowest BCUT2D eigenvalue weighted by Crippen LogP contribution is -2.04. The number of hydrogen-bond acceptors (Lipinski definition) is 4. The number of pyridine rings is 1. The molecule has 4 nitrogen and oxygen atoms in total. The van der Waals surface area contributed by atoms with Gasteiger partial charge >= 0.3 is 0 Å². The molecule has 0 aliphatic rings. The zero-order chi connectivity index (χ0) is 13.7. The highest BCUT2D eigenvalue weighted by molar-refractivity contribution is 6.10. The Kier molecular flexibility index (Phi) is 4.13. The molecule has 0 amide bonds. The highest BCUT2D eigenvalue weighted by Crippen LogP contribution is 2.22. The van der Waals surface area contributed by atoms with Gasteiger partial charge in [0.2, 0.25) is 0 Å².